The number of hydrogen-bond donors (Lipinski definition) is 2. The molecule has 0 saturated carbocycles. The number of nitrogens with zero attached hydrogens (tertiary/aromatic N) is 3. The zero-order valence-electron chi connectivity index (χ0n) is 10.1. The van der Waals surface area contributed by atoms with E-state index in [-0.39, 0.29) is 5.91 Å². The molecule has 3 N–H and O–H groups in total. The van der Waals surface area contributed by atoms with Crippen molar-refractivity contribution < 1.29 is 4.79 Å². The van der Waals surface area contributed by atoms with Crippen LogP contribution in [-0.4, -0.2) is 26.7 Å². The fourth-order valence-electron chi connectivity index (χ4n) is 1.45. The normalized spacial score (nSPS) is 12.1. The van der Waals surface area contributed by atoms with E-state index in [2.05, 4.69) is 15.4 Å². The van der Waals surface area contributed by atoms with Gasteiger partial charge in [0.1, 0.15) is 12.7 Å². The maximum atomic E-state index is 11.4. The molecular formula is C12H15N5O. The van der Waals surface area contributed by atoms with E-state index in [1.54, 1.807) is 17.9 Å². The number of aromatic nitrogens is 3. The van der Waals surface area contributed by atoms with E-state index < -0.39 is 6.04 Å². The molecule has 6 nitrogen and oxygen atoms in total. The van der Waals surface area contributed by atoms with Crippen LogP contribution in [0.15, 0.2) is 36.9 Å². The predicted octanol–water partition coefficient (Wildman–Crippen LogP) is 0.612. The maximum absolute atomic E-state index is 11.4. The first-order valence-corrected chi connectivity index (χ1v) is 5.63. The lowest BCUT2D eigenvalue weighted by molar-refractivity contribution is -0.117. The van der Waals surface area contributed by atoms with E-state index in [0.29, 0.717) is 6.54 Å². The minimum absolute atomic E-state index is 0.195. The van der Waals surface area contributed by atoms with E-state index in [9.17, 15) is 4.79 Å². The Labute approximate surface area is 105 Å². The minimum Gasteiger partial charge on any atom is -0.325 e. The number of anilines is 1. The summed E-state index contributed by atoms with van der Waals surface area (Å²) in [5, 5.41) is 6.75. The molecular weight excluding hydrogens is 230 g/mol. The molecule has 0 bridgehead atoms. The number of benzene rings is 1. The molecule has 0 aliphatic rings. The average Bonchev–Trinajstić information content (AvgIpc) is 2.84. The molecule has 0 spiro atoms. The molecule has 1 aromatic heterocycles. The van der Waals surface area contributed by atoms with Gasteiger partial charge in [-0.25, -0.2) is 9.67 Å². The molecule has 0 radical (unpaired) electrons. The second kappa shape index (κ2) is 5.42. The number of amides is 1. The Morgan fingerprint density at radius 3 is 2.72 bits per heavy atom. The Morgan fingerprint density at radius 2 is 2.17 bits per heavy atom. The number of nitrogens with two attached hydrogens (primary N) is 1. The standard InChI is InChI=1S/C12H15N5O/c1-9(13)12(18)16-11-4-2-10(3-5-11)6-17-8-14-7-15-17/h2-5,7-9H,6,13H2,1H3,(H,16,18)/t9-/m1/s1. The van der Waals surface area contributed by atoms with Crippen molar-refractivity contribution in [2.75, 3.05) is 5.32 Å². The van der Waals surface area contributed by atoms with Crippen LogP contribution in [0.2, 0.25) is 0 Å². The number of rotatable bonds is 4. The van der Waals surface area contributed by atoms with E-state index in [1.165, 1.54) is 6.33 Å². The number of nitrogens with one attached hydrogen (secondary N) is 1. The Morgan fingerprint density at radius 1 is 1.44 bits per heavy atom. The number of hydrogen-bond acceptors (Lipinski definition) is 4. The Hall–Kier alpha value is -2.21. The van der Waals surface area contributed by atoms with Gasteiger partial charge < -0.3 is 11.1 Å². The van der Waals surface area contributed by atoms with Gasteiger partial charge in [0.05, 0.1) is 12.6 Å². The summed E-state index contributed by atoms with van der Waals surface area (Å²) in [6.45, 7) is 2.30. The highest BCUT2D eigenvalue weighted by atomic mass is 16.2. The van der Waals surface area contributed by atoms with Crippen LogP contribution < -0.4 is 11.1 Å². The predicted molar refractivity (Wildman–Crippen MR) is 67.8 cm³/mol. The number of carbonyl (C=O) groups is 1. The summed E-state index contributed by atoms with van der Waals surface area (Å²) in [5.41, 5.74) is 7.29. The molecule has 1 atom stereocenters. The van der Waals surface area contributed by atoms with Gasteiger partial charge in [-0.05, 0) is 24.6 Å². The van der Waals surface area contributed by atoms with Crippen molar-refractivity contribution in [1.82, 2.24) is 14.8 Å². The molecule has 1 heterocycles. The monoisotopic (exact) mass is 245 g/mol. The molecule has 2 rings (SSSR count). The highest BCUT2D eigenvalue weighted by Gasteiger charge is 2.06. The van der Waals surface area contributed by atoms with Crippen molar-refractivity contribution in [2.45, 2.75) is 19.5 Å². The fraction of sp³-hybridized carbons (Fsp3) is 0.250. The van der Waals surface area contributed by atoms with Gasteiger partial charge in [-0.1, -0.05) is 12.1 Å². The fourth-order valence-corrected chi connectivity index (χ4v) is 1.45. The Balaban J connectivity index is 1.99. The van der Waals surface area contributed by atoms with Crippen LogP contribution in [0, 0.1) is 0 Å². The van der Waals surface area contributed by atoms with Crippen LogP contribution in [0.25, 0.3) is 0 Å². The summed E-state index contributed by atoms with van der Waals surface area (Å²) in [7, 11) is 0. The largest absolute Gasteiger partial charge is 0.325 e. The van der Waals surface area contributed by atoms with Gasteiger partial charge in [0.25, 0.3) is 0 Å². The highest BCUT2D eigenvalue weighted by molar-refractivity contribution is 5.94. The summed E-state index contributed by atoms with van der Waals surface area (Å²) in [6.07, 6.45) is 3.16. The van der Waals surface area contributed by atoms with Crippen molar-refractivity contribution in [2.24, 2.45) is 5.73 Å². The van der Waals surface area contributed by atoms with Crippen molar-refractivity contribution >= 4 is 11.6 Å². The molecule has 0 aliphatic carbocycles. The van der Waals surface area contributed by atoms with Crippen LogP contribution >= 0.6 is 0 Å². The first-order valence-electron chi connectivity index (χ1n) is 5.63. The summed E-state index contributed by atoms with van der Waals surface area (Å²) in [4.78, 5) is 15.3. The van der Waals surface area contributed by atoms with Gasteiger partial charge in [0.15, 0.2) is 0 Å². The maximum Gasteiger partial charge on any atom is 0.240 e. The molecule has 0 unspecified atom stereocenters. The summed E-state index contributed by atoms with van der Waals surface area (Å²) < 4.78 is 1.73. The summed E-state index contributed by atoms with van der Waals surface area (Å²) in [6, 6.07) is 7.02. The third-order valence-corrected chi connectivity index (χ3v) is 2.45. The summed E-state index contributed by atoms with van der Waals surface area (Å²) in [5.74, 6) is -0.195. The van der Waals surface area contributed by atoms with E-state index in [0.717, 1.165) is 11.3 Å². The third kappa shape index (κ3) is 3.14. The first-order chi connectivity index (χ1) is 8.65. The van der Waals surface area contributed by atoms with Crippen LogP contribution in [0.4, 0.5) is 5.69 Å². The van der Waals surface area contributed by atoms with E-state index >= 15 is 0 Å². The van der Waals surface area contributed by atoms with Gasteiger partial charge in [-0.15, -0.1) is 0 Å². The van der Waals surface area contributed by atoms with Crippen LogP contribution in [-0.2, 0) is 11.3 Å². The lowest BCUT2D eigenvalue weighted by atomic mass is 10.2. The Bertz CT molecular complexity index is 504. The van der Waals surface area contributed by atoms with Gasteiger partial charge >= 0.3 is 0 Å². The zero-order valence-corrected chi connectivity index (χ0v) is 10.1. The quantitative estimate of drug-likeness (QED) is 0.826. The zero-order chi connectivity index (χ0) is 13.0. The molecule has 0 fully saturated rings. The van der Waals surface area contributed by atoms with Crippen molar-refractivity contribution in [1.29, 1.82) is 0 Å². The Kier molecular flexibility index (Phi) is 3.69. The van der Waals surface area contributed by atoms with Gasteiger partial charge in [-0.3, -0.25) is 4.79 Å². The molecule has 0 aliphatic heterocycles. The van der Waals surface area contributed by atoms with Crippen molar-refractivity contribution in [3.63, 3.8) is 0 Å². The van der Waals surface area contributed by atoms with E-state index in [4.69, 9.17) is 5.73 Å². The lowest BCUT2D eigenvalue weighted by Crippen LogP contribution is -2.32. The summed E-state index contributed by atoms with van der Waals surface area (Å²) >= 11 is 0. The third-order valence-electron chi connectivity index (χ3n) is 2.45. The smallest absolute Gasteiger partial charge is 0.240 e. The van der Waals surface area contributed by atoms with Gasteiger partial charge in [-0.2, -0.15) is 5.10 Å². The van der Waals surface area contributed by atoms with Crippen LogP contribution in [0.5, 0.6) is 0 Å². The molecule has 1 aromatic carbocycles. The molecule has 18 heavy (non-hydrogen) atoms. The molecule has 6 heteroatoms. The topological polar surface area (TPSA) is 85.8 Å². The highest BCUT2D eigenvalue weighted by Crippen LogP contribution is 2.10. The second-order valence-corrected chi connectivity index (χ2v) is 4.07. The molecule has 94 valence electrons. The molecule has 1 amide bonds. The average molecular weight is 245 g/mol. The van der Waals surface area contributed by atoms with Crippen molar-refractivity contribution in [3.05, 3.63) is 42.5 Å². The number of carbonyl (C=O) groups excluding carboxylic acids is 1. The van der Waals surface area contributed by atoms with E-state index in [1.807, 2.05) is 24.3 Å². The lowest BCUT2D eigenvalue weighted by Gasteiger charge is -2.08. The van der Waals surface area contributed by atoms with Crippen LogP contribution in [0.1, 0.15) is 12.5 Å². The SMILES string of the molecule is C[C@@H](N)C(=O)Nc1ccc(Cn2cncn2)cc1. The molecule has 2 aromatic rings. The van der Waals surface area contributed by atoms with Crippen molar-refractivity contribution in [3.8, 4) is 0 Å². The first kappa shape index (κ1) is 12.3. The van der Waals surface area contributed by atoms with Gasteiger partial charge in [0, 0.05) is 5.69 Å². The minimum atomic E-state index is -0.514. The molecule has 0 saturated heterocycles. The second-order valence-electron chi connectivity index (χ2n) is 4.07. The van der Waals surface area contributed by atoms with Gasteiger partial charge in [0.2, 0.25) is 5.91 Å². The van der Waals surface area contributed by atoms with Crippen LogP contribution in [0.3, 0.4) is 0 Å².